The van der Waals surface area contributed by atoms with Gasteiger partial charge in [-0.15, -0.1) is 0 Å². The maximum absolute atomic E-state index is 14.2. The summed E-state index contributed by atoms with van der Waals surface area (Å²) >= 11 is 0. The molecule has 54 heavy (non-hydrogen) atoms. The number of fused-ring (bicyclic) bond motifs is 2. The quantitative estimate of drug-likeness (QED) is 0.0910. The highest BCUT2D eigenvalue weighted by molar-refractivity contribution is 6.33. The number of aryl methyl sites for hydroxylation is 1. The third-order valence-electron chi connectivity index (χ3n) is 8.95. The second-order valence-corrected chi connectivity index (χ2v) is 12.6. The van der Waals surface area contributed by atoms with Crippen LogP contribution in [0.2, 0.25) is 0 Å². The van der Waals surface area contributed by atoms with Gasteiger partial charge in [0.05, 0.1) is 40.3 Å². The predicted octanol–water partition coefficient (Wildman–Crippen LogP) is 6.98. The lowest BCUT2D eigenvalue weighted by atomic mass is 9.98. The zero-order valence-electron chi connectivity index (χ0n) is 28.8. The lowest BCUT2D eigenvalue weighted by Gasteiger charge is -2.24. The molecular formula is C43H33N5O6. The number of anilines is 4. The van der Waals surface area contributed by atoms with Crippen molar-refractivity contribution >= 4 is 69.0 Å². The van der Waals surface area contributed by atoms with Gasteiger partial charge < -0.3 is 21.3 Å². The topological polar surface area (TPSA) is 163 Å². The summed E-state index contributed by atoms with van der Waals surface area (Å²) in [6, 6.07) is 38.8. The molecule has 266 valence electrons. The lowest BCUT2D eigenvalue weighted by molar-refractivity contribution is -0.116. The van der Waals surface area contributed by atoms with E-state index in [1.807, 2.05) is 48.5 Å². The van der Waals surface area contributed by atoms with Gasteiger partial charge in [-0.05, 0) is 46.5 Å². The molecule has 5 N–H and O–H groups in total. The van der Waals surface area contributed by atoms with Gasteiger partial charge in [-0.1, -0.05) is 115 Å². The third-order valence-corrected chi connectivity index (χ3v) is 8.95. The molecule has 0 aliphatic carbocycles. The molecule has 0 bridgehead atoms. The summed E-state index contributed by atoms with van der Waals surface area (Å²) in [4.78, 5) is 82.8. The van der Waals surface area contributed by atoms with Crippen LogP contribution in [-0.4, -0.2) is 35.4 Å². The standard InChI is InChI=1S/C43H33N5O6/c49-32(24-23-26-13-4-1-5-14-26)44-38-36(45-33(50)25-27-15-6-2-7-16-27)34-35(43(54)48-42(34)53)37(39(38)47-40(51)29-18-8-3-9-19-29)46-41(52)31-22-12-20-28-17-10-11-21-30(28)31/h1-22H,23-25H2,(H,44,49)(H,45,50)(H,46,52)(H,47,51)(H,48,53,54). The van der Waals surface area contributed by atoms with Gasteiger partial charge in [-0.2, -0.15) is 0 Å². The average Bonchev–Trinajstić information content (AvgIpc) is 3.49. The van der Waals surface area contributed by atoms with E-state index in [1.54, 1.807) is 84.9 Å². The summed E-state index contributed by atoms with van der Waals surface area (Å²) in [7, 11) is 0. The molecule has 0 saturated carbocycles. The fourth-order valence-electron chi connectivity index (χ4n) is 6.38. The Morgan fingerprint density at radius 3 is 1.69 bits per heavy atom. The van der Waals surface area contributed by atoms with E-state index in [2.05, 4.69) is 26.6 Å². The number of amides is 6. The second-order valence-electron chi connectivity index (χ2n) is 12.6. The molecule has 0 aromatic heterocycles. The van der Waals surface area contributed by atoms with E-state index < -0.39 is 35.4 Å². The second kappa shape index (κ2) is 15.5. The molecular weight excluding hydrogens is 683 g/mol. The van der Waals surface area contributed by atoms with Gasteiger partial charge in [0.25, 0.3) is 23.6 Å². The zero-order valence-corrected chi connectivity index (χ0v) is 28.8. The lowest BCUT2D eigenvalue weighted by Crippen LogP contribution is -2.25. The minimum absolute atomic E-state index is 0.0204. The van der Waals surface area contributed by atoms with Gasteiger partial charge in [0.1, 0.15) is 0 Å². The Balaban J connectivity index is 1.40. The van der Waals surface area contributed by atoms with E-state index in [-0.39, 0.29) is 57.8 Å². The average molecular weight is 716 g/mol. The van der Waals surface area contributed by atoms with Crippen molar-refractivity contribution in [2.45, 2.75) is 19.3 Å². The summed E-state index contributed by atoms with van der Waals surface area (Å²) in [5.41, 5.74) is 0.603. The normalized spacial score (nSPS) is 11.7. The van der Waals surface area contributed by atoms with E-state index in [1.165, 1.54) is 0 Å². The summed E-state index contributed by atoms with van der Waals surface area (Å²) in [5.74, 6) is -4.14. The SMILES string of the molecule is O=C(CCc1ccccc1)Nc1c(NC(=O)c2ccccc2)c(NC(=O)c2cccc3ccccc23)c2c(c1NC(=O)Cc1ccccc1)C(=O)NC2=O. The molecule has 0 atom stereocenters. The van der Waals surface area contributed by atoms with Crippen LogP contribution in [0.5, 0.6) is 0 Å². The number of carbonyl (C=O) groups excluding carboxylic acids is 6. The van der Waals surface area contributed by atoms with Crippen molar-refractivity contribution in [3.63, 3.8) is 0 Å². The first kappa shape index (κ1) is 35.0. The molecule has 1 heterocycles. The number of hydrogen-bond acceptors (Lipinski definition) is 6. The Morgan fingerprint density at radius 1 is 0.481 bits per heavy atom. The van der Waals surface area contributed by atoms with Gasteiger partial charge in [0.2, 0.25) is 11.8 Å². The number of imide groups is 1. The Morgan fingerprint density at radius 2 is 1.00 bits per heavy atom. The van der Waals surface area contributed by atoms with E-state index >= 15 is 0 Å². The number of rotatable bonds is 11. The van der Waals surface area contributed by atoms with Crippen molar-refractivity contribution in [1.82, 2.24) is 5.32 Å². The smallest absolute Gasteiger partial charge is 0.261 e. The third kappa shape index (κ3) is 7.46. The van der Waals surface area contributed by atoms with Crippen molar-refractivity contribution < 1.29 is 28.8 Å². The molecule has 11 heteroatoms. The number of hydrogen-bond donors (Lipinski definition) is 5. The first-order valence-corrected chi connectivity index (χ1v) is 17.2. The van der Waals surface area contributed by atoms with Crippen LogP contribution >= 0.6 is 0 Å². The van der Waals surface area contributed by atoms with Gasteiger partial charge in [-0.3, -0.25) is 34.1 Å². The molecule has 6 aromatic rings. The molecule has 7 rings (SSSR count). The van der Waals surface area contributed by atoms with Crippen LogP contribution < -0.4 is 26.6 Å². The van der Waals surface area contributed by atoms with E-state index in [4.69, 9.17) is 0 Å². The van der Waals surface area contributed by atoms with Crippen LogP contribution in [0.1, 0.15) is 59.0 Å². The molecule has 1 aliphatic heterocycles. The summed E-state index contributed by atoms with van der Waals surface area (Å²) < 4.78 is 0. The Bertz CT molecular complexity index is 2450. The molecule has 6 amide bonds. The van der Waals surface area contributed by atoms with Crippen LogP contribution in [0, 0.1) is 0 Å². The maximum atomic E-state index is 14.2. The Hall–Kier alpha value is -7.40. The number of benzene rings is 6. The molecule has 0 saturated heterocycles. The van der Waals surface area contributed by atoms with E-state index in [0.29, 0.717) is 17.4 Å². The van der Waals surface area contributed by atoms with Crippen molar-refractivity contribution in [1.29, 1.82) is 0 Å². The highest BCUT2D eigenvalue weighted by Crippen LogP contribution is 2.46. The highest BCUT2D eigenvalue weighted by atomic mass is 16.2. The maximum Gasteiger partial charge on any atom is 0.261 e. The summed E-state index contributed by atoms with van der Waals surface area (Å²) in [6.07, 6.45) is 0.216. The van der Waals surface area contributed by atoms with Gasteiger partial charge in [-0.25, -0.2) is 0 Å². The monoisotopic (exact) mass is 715 g/mol. The van der Waals surface area contributed by atoms with Crippen LogP contribution in [-0.2, 0) is 22.4 Å². The van der Waals surface area contributed by atoms with E-state index in [0.717, 1.165) is 10.9 Å². The predicted molar refractivity (Wildman–Crippen MR) is 207 cm³/mol. The van der Waals surface area contributed by atoms with Crippen LogP contribution in [0.25, 0.3) is 10.8 Å². The molecule has 0 spiro atoms. The van der Waals surface area contributed by atoms with Crippen molar-refractivity contribution in [3.05, 3.63) is 167 Å². The Labute approximate surface area is 309 Å². The van der Waals surface area contributed by atoms with E-state index in [9.17, 15) is 28.8 Å². The molecule has 1 aliphatic rings. The van der Waals surface area contributed by atoms with Crippen LogP contribution in [0.15, 0.2) is 133 Å². The molecule has 0 unspecified atom stereocenters. The van der Waals surface area contributed by atoms with Gasteiger partial charge in [0.15, 0.2) is 0 Å². The summed E-state index contributed by atoms with van der Waals surface area (Å²) in [6.45, 7) is 0. The fraction of sp³-hybridized carbons (Fsp3) is 0.0698. The zero-order chi connectivity index (χ0) is 37.6. The number of carbonyl (C=O) groups is 6. The highest BCUT2D eigenvalue weighted by Gasteiger charge is 2.39. The molecule has 0 fully saturated rings. The Kier molecular flexibility index (Phi) is 10.0. The van der Waals surface area contributed by atoms with Crippen molar-refractivity contribution in [3.8, 4) is 0 Å². The first-order chi connectivity index (χ1) is 26.3. The van der Waals surface area contributed by atoms with Gasteiger partial charge in [0, 0.05) is 17.5 Å². The number of nitrogens with one attached hydrogen (secondary N) is 5. The molecule has 0 radical (unpaired) electrons. The van der Waals surface area contributed by atoms with Gasteiger partial charge >= 0.3 is 0 Å². The summed E-state index contributed by atoms with van der Waals surface area (Å²) in [5, 5.41) is 14.8. The van der Waals surface area contributed by atoms with Crippen molar-refractivity contribution in [2.24, 2.45) is 0 Å². The fourth-order valence-corrected chi connectivity index (χ4v) is 6.38. The minimum Gasteiger partial charge on any atom is -0.323 e. The minimum atomic E-state index is -0.876. The first-order valence-electron chi connectivity index (χ1n) is 17.2. The largest absolute Gasteiger partial charge is 0.323 e. The van der Waals surface area contributed by atoms with Crippen LogP contribution in [0.4, 0.5) is 22.7 Å². The molecule has 11 nitrogen and oxygen atoms in total. The van der Waals surface area contributed by atoms with Crippen LogP contribution in [0.3, 0.4) is 0 Å². The van der Waals surface area contributed by atoms with Crippen molar-refractivity contribution in [2.75, 3.05) is 21.3 Å². The molecule has 6 aromatic carbocycles.